The average Bonchev–Trinajstić information content (AvgIpc) is 2.74. The van der Waals surface area contributed by atoms with Crippen LogP contribution in [-0.2, 0) is 14.4 Å². The van der Waals surface area contributed by atoms with Crippen LogP contribution in [0.3, 0.4) is 0 Å². The van der Waals surface area contributed by atoms with Crippen molar-refractivity contribution in [2.24, 2.45) is 5.41 Å². The lowest BCUT2D eigenvalue weighted by Gasteiger charge is -2.47. The highest BCUT2D eigenvalue weighted by Gasteiger charge is 2.38. The lowest BCUT2D eigenvalue weighted by atomic mass is 9.71. The predicted molar refractivity (Wildman–Crippen MR) is 111 cm³/mol. The van der Waals surface area contributed by atoms with Crippen molar-refractivity contribution >= 4 is 23.4 Å². The molecule has 3 amide bonds. The molecule has 3 aliphatic rings. The third kappa shape index (κ3) is 4.07. The molecule has 3 fully saturated rings. The van der Waals surface area contributed by atoms with E-state index in [0.29, 0.717) is 18.3 Å². The smallest absolute Gasteiger partial charge is 0.245 e. The Morgan fingerprint density at radius 2 is 1.79 bits per heavy atom. The van der Waals surface area contributed by atoms with Crippen molar-refractivity contribution in [3.05, 3.63) is 42.5 Å². The number of hydrogen-bond donors (Lipinski definition) is 1. The molecule has 1 unspecified atom stereocenters. The third-order valence-electron chi connectivity index (χ3n) is 7.01. The summed E-state index contributed by atoms with van der Waals surface area (Å²) >= 11 is 0. The maximum absolute atomic E-state index is 12.2. The van der Waals surface area contributed by atoms with E-state index in [4.69, 9.17) is 0 Å². The summed E-state index contributed by atoms with van der Waals surface area (Å²) in [4.78, 5) is 39.8. The number of likely N-dealkylation sites (tertiary alicyclic amines) is 1. The van der Waals surface area contributed by atoms with E-state index >= 15 is 0 Å². The van der Waals surface area contributed by atoms with Crippen LogP contribution in [0.15, 0.2) is 36.9 Å². The molecule has 3 heterocycles. The molecule has 1 aromatic rings. The van der Waals surface area contributed by atoms with E-state index in [1.54, 1.807) is 0 Å². The van der Waals surface area contributed by atoms with Gasteiger partial charge in [0.1, 0.15) is 0 Å². The van der Waals surface area contributed by atoms with Crippen molar-refractivity contribution in [3.63, 3.8) is 0 Å². The van der Waals surface area contributed by atoms with E-state index in [1.165, 1.54) is 6.08 Å². The van der Waals surface area contributed by atoms with E-state index in [9.17, 15) is 14.4 Å². The zero-order valence-electron chi connectivity index (χ0n) is 16.9. The summed E-state index contributed by atoms with van der Waals surface area (Å²) in [5, 5.41) is 2.46. The number of anilines is 1. The van der Waals surface area contributed by atoms with Gasteiger partial charge in [-0.2, -0.15) is 0 Å². The molecular formula is C23H29N3O3. The van der Waals surface area contributed by atoms with Gasteiger partial charge in [0.25, 0.3) is 0 Å². The van der Waals surface area contributed by atoms with Gasteiger partial charge in [-0.05, 0) is 61.3 Å². The summed E-state index contributed by atoms with van der Waals surface area (Å²) in [6.45, 7) is 7.24. The topological polar surface area (TPSA) is 69.7 Å². The van der Waals surface area contributed by atoms with Gasteiger partial charge in [0.15, 0.2) is 0 Å². The lowest BCUT2D eigenvalue weighted by Crippen LogP contribution is -2.48. The van der Waals surface area contributed by atoms with Crippen LogP contribution in [0.4, 0.5) is 5.69 Å². The number of piperidine rings is 3. The molecule has 0 aliphatic carbocycles. The minimum Gasteiger partial charge on any atom is -0.371 e. The summed E-state index contributed by atoms with van der Waals surface area (Å²) in [6.07, 6.45) is 6.79. The fourth-order valence-corrected chi connectivity index (χ4v) is 5.02. The summed E-state index contributed by atoms with van der Waals surface area (Å²) < 4.78 is 0. The Labute approximate surface area is 171 Å². The molecular weight excluding hydrogens is 366 g/mol. The van der Waals surface area contributed by atoms with Gasteiger partial charge in [0.2, 0.25) is 17.7 Å². The van der Waals surface area contributed by atoms with E-state index in [-0.39, 0.29) is 23.6 Å². The van der Waals surface area contributed by atoms with Crippen LogP contribution in [0.2, 0.25) is 0 Å². The van der Waals surface area contributed by atoms with Crippen LogP contribution in [0.1, 0.15) is 50.0 Å². The van der Waals surface area contributed by atoms with Crippen LogP contribution in [0, 0.1) is 5.41 Å². The minimum absolute atomic E-state index is 0.0440. The Hall–Kier alpha value is -2.63. The Kier molecular flexibility index (Phi) is 5.43. The van der Waals surface area contributed by atoms with E-state index < -0.39 is 0 Å². The number of imide groups is 1. The van der Waals surface area contributed by atoms with Gasteiger partial charge in [-0.3, -0.25) is 19.7 Å². The molecule has 0 saturated carbocycles. The molecule has 0 aromatic heterocycles. The summed E-state index contributed by atoms with van der Waals surface area (Å²) in [5.41, 5.74) is 2.49. The number of benzene rings is 1. The molecule has 0 bridgehead atoms. The standard InChI is InChI=1S/C23H29N3O3/c1-2-21(28)26-14-10-23(11-15-26)8-12-25(13-9-23)18-5-3-4-17(16-18)19-6-7-20(27)24-22(19)29/h2-5,16,19H,1,6-15H2,(H,24,27,29). The zero-order chi connectivity index (χ0) is 20.4. The van der Waals surface area contributed by atoms with E-state index in [0.717, 1.165) is 63.1 Å². The van der Waals surface area contributed by atoms with Gasteiger partial charge in [-0.25, -0.2) is 0 Å². The fraction of sp³-hybridized carbons (Fsp3) is 0.522. The first kappa shape index (κ1) is 19.7. The monoisotopic (exact) mass is 395 g/mol. The van der Waals surface area contributed by atoms with Crippen LogP contribution < -0.4 is 10.2 Å². The van der Waals surface area contributed by atoms with Gasteiger partial charge in [0.05, 0.1) is 5.92 Å². The number of nitrogens with one attached hydrogen (secondary N) is 1. The SMILES string of the molecule is C=CC(=O)N1CCC2(CC1)CCN(c1cccc(C3CCC(=O)NC3=O)c1)CC2. The second-order valence-electron chi connectivity index (χ2n) is 8.62. The van der Waals surface area contributed by atoms with Crippen molar-refractivity contribution in [1.82, 2.24) is 10.2 Å². The van der Waals surface area contributed by atoms with Crippen LogP contribution >= 0.6 is 0 Å². The third-order valence-corrected chi connectivity index (χ3v) is 7.01. The molecule has 1 N–H and O–H groups in total. The van der Waals surface area contributed by atoms with E-state index in [2.05, 4.69) is 28.9 Å². The molecule has 0 radical (unpaired) electrons. The van der Waals surface area contributed by atoms with Gasteiger partial charge in [-0.1, -0.05) is 18.7 Å². The second kappa shape index (κ2) is 8.01. The highest BCUT2D eigenvalue weighted by Crippen LogP contribution is 2.42. The van der Waals surface area contributed by atoms with Gasteiger partial charge < -0.3 is 9.80 Å². The zero-order valence-corrected chi connectivity index (χ0v) is 16.9. The minimum atomic E-state index is -0.240. The number of nitrogens with zero attached hydrogens (tertiary/aromatic N) is 2. The summed E-state index contributed by atoms with van der Waals surface area (Å²) in [7, 11) is 0. The van der Waals surface area contributed by atoms with Crippen molar-refractivity contribution < 1.29 is 14.4 Å². The summed E-state index contributed by atoms with van der Waals surface area (Å²) in [5.74, 6) is -0.556. The molecule has 4 rings (SSSR count). The normalized spacial score (nSPS) is 24.3. The molecule has 3 aliphatic heterocycles. The first-order valence-electron chi connectivity index (χ1n) is 10.6. The lowest BCUT2D eigenvalue weighted by molar-refractivity contribution is -0.134. The Bertz CT molecular complexity index is 816. The highest BCUT2D eigenvalue weighted by atomic mass is 16.2. The molecule has 3 saturated heterocycles. The largest absolute Gasteiger partial charge is 0.371 e. The van der Waals surface area contributed by atoms with Gasteiger partial charge in [0, 0.05) is 38.3 Å². The molecule has 1 aromatic carbocycles. The van der Waals surface area contributed by atoms with Crippen molar-refractivity contribution in [1.29, 1.82) is 0 Å². The molecule has 154 valence electrons. The van der Waals surface area contributed by atoms with Crippen LogP contribution in [0.5, 0.6) is 0 Å². The second-order valence-corrected chi connectivity index (χ2v) is 8.62. The van der Waals surface area contributed by atoms with Crippen molar-refractivity contribution in [3.8, 4) is 0 Å². The maximum atomic E-state index is 12.2. The summed E-state index contributed by atoms with van der Waals surface area (Å²) in [6, 6.07) is 8.22. The predicted octanol–water partition coefficient (Wildman–Crippen LogP) is 2.60. The highest BCUT2D eigenvalue weighted by molar-refractivity contribution is 6.01. The van der Waals surface area contributed by atoms with Crippen molar-refractivity contribution in [2.75, 3.05) is 31.1 Å². The number of hydrogen-bond acceptors (Lipinski definition) is 4. The van der Waals surface area contributed by atoms with E-state index in [1.807, 2.05) is 17.0 Å². The molecule has 6 heteroatoms. The number of carbonyl (C=O) groups is 3. The Morgan fingerprint density at radius 1 is 1.10 bits per heavy atom. The molecule has 1 spiro atoms. The fourth-order valence-electron chi connectivity index (χ4n) is 5.02. The maximum Gasteiger partial charge on any atom is 0.245 e. The first-order chi connectivity index (χ1) is 14.0. The molecule has 1 atom stereocenters. The Morgan fingerprint density at radius 3 is 2.45 bits per heavy atom. The quantitative estimate of drug-likeness (QED) is 0.631. The van der Waals surface area contributed by atoms with Crippen LogP contribution in [0.25, 0.3) is 0 Å². The number of amides is 3. The van der Waals surface area contributed by atoms with Gasteiger partial charge in [-0.15, -0.1) is 0 Å². The molecule has 6 nitrogen and oxygen atoms in total. The van der Waals surface area contributed by atoms with Crippen LogP contribution in [-0.4, -0.2) is 48.8 Å². The average molecular weight is 396 g/mol. The first-order valence-corrected chi connectivity index (χ1v) is 10.6. The van der Waals surface area contributed by atoms with Crippen molar-refractivity contribution in [2.45, 2.75) is 44.4 Å². The number of rotatable bonds is 3. The number of carbonyl (C=O) groups excluding carboxylic acids is 3. The van der Waals surface area contributed by atoms with Gasteiger partial charge >= 0.3 is 0 Å². The Balaban J connectivity index is 1.38. The molecule has 29 heavy (non-hydrogen) atoms.